The fourth-order valence-electron chi connectivity index (χ4n) is 2.01. The molecule has 2 rings (SSSR count). The van der Waals surface area contributed by atoms with Gasteiger partial charge >= 0.3 is 0 Å². The highest BCUT2D eigenvalue weighted by atomic mass is 79.9. The third-order valence-corrected chi connectivity index (χ3v) is 4.92. The highest BCUT2D eigenvalue weighted by molar-refractivity contribution is 9.10. The number of benzene rings is 1. The fourth-order valence-corrected chi connectivity index (χ4v) is 3.26. The van der Waals surface area contributed by atoms with Crippen molar-refractivity contribution in [2.75, 3.05) is 0 Å². The van der Waals surface area contributed by atoms with Crippen LogP contribution < -0.4 is 11.3 Å². The van der Waals surface area contributed by atoms with E-state index in [2.05, 4.69) is 63.3 Å². The van der Waals surface area contributed by atoms with Crippen LogP contribution in [0.4, 0.5) is 0 Å². The number of hydrogen-bond donors (Lipinski definition) is 2. The Kier molecular flexibility index (Phi) is 4.95. The molecule has 0 saturated carbocycles. The first-order valence-corrected chi connectivity index (χ1v) is 7.68. The van der Waals surface area contributed by atoms with Crippen LogP contribution in [0.2, 0.25) is 0 Å². The van der Waals surface area contributed by atoms with E-state index in [1.54, 1.807) is 11.3 Å². The third-order valence-electron chi connectivity index (χ3n) is 3.10. The average molecular weight is 325 g/mol. The number of hydrogen-bond acceptors (Lipinski definition) is 3. The summed E-state index contributed by atoms with van der Waals surface area (Å²) >= 11 is 5.39. The van der Waals surface area contributed by atoms with E-state index in [1.807, 2.05) is 0 Å². The Hall–Kier alpha value is -0.680. The molecule has 1 atom stereocenters. The van der Waals surface area contributed by atoms with Crippen molar-refractivity contribution in [2.45, 2.75) is 25.8 Å². The first kappa shape index (κ1) is 13.7. The fraction of sp³-hybridized carbons (Fsp3) is 0.286. The van der Waals surface area contributed by atoms with E-state index in [0.29, 0.717) is 0 Å². The lowest BCUT2D eigenvalue weighted by atomic mass is 9.99. The molecular formula is C14H17BrN2S. The van der Waals surface area contributed by atoms with Gasteiger partial charge in [-0.25, -0.2) is 0 Å². The van der Waals surface area contributed by atoms with E-state index < -0.39 is 0 Å². The summed E-state index contributed by atoms with van der Waals surface area (Å²) in [5, 5.41) is 4.31. The number of nitrogens with one attached hydrogen (secondary N) is 1. The van der Waals surface area contributed by atoms with Crippen molar-refractivity contribution in [1.29, 1.82) is 0 Å². The lowest BCUT2D eigenvalue weighted by molar-refractivity contribution is 0.514. The van der Waals surface area contributed by atoms with E-state index in [-0.39, 0.29) is 6.04 Å². The second kappa shape index (κ2) is 6.48. The van der Waals surface area contributed by atoms with Gasteiger partial charge < -0.3 is 0 Å². The largest absolute Gasteiger partial charge is 0.271 e. The minimum absolute atomic E-state index is 0.180. The van der Waals surface area contributed by atoms with E-state index in [0.717, 1.165) is 17.3 Å². The zero-order valence-corrected chi connectivity index (χ0v) is 12.7. The number of hydrazine groups is 1. The minimum atomic E-state index is 0.180. The third kappa shape index (κ3) is 3.20. The summed E-state index contributed by atoms with van der Waals surface area (Å²) in [6.07, 6.45) is 2.04. The predicted octanol–water partition coefficient (Wildman–Crippen LogP) is 3.96. The molecule has 0 aliphatic heterocycles. The van der Waals surface area contributed by atoms with Crippen molar-refractivity contribution in [3.63, 3.8) is 0 Å². The Morgan fingerprint density at radius 2 is 2.22 bits per heavy atom. The lowest BCUT2D eigenvalue weighted by Crippen LogP contribution is -2.28. The summed E-state index contributed by atoms with van der Waals surface area (Å²) in [7, 11) is 0. The SMILES string of the molecule is Cc1cccc(C(CCc2ccsc2)NN)c1Br. The van der Waals surface area contributed by atoms with Gasteiger partial charge in [0, 0.05) is 10.5 Å². The Morgan fingerprint density at radius 3 is 2.89 bits per heavy atom. The minimum Gasteiger partial charge on any atom is -0.271 e. The maximum atomic E-state index is 5.69. The van der Waals surface area contributed by atoms with Crippen molar-refractivity contribution in [3.8, 4) is 0 Å². The number of thiophene rings is 1. The van der Waals surface area contributed by atoms with Crippen molar-refractivity contribution in [1.82, 2.24) is 5.43 Å². The summed E-state index contributed by atoms with van der Waals surface area (Å²) in [5.74, 6) is 5.69. The van der Waals surface area contributed by atoms with Crippen LogP contribution in [0.1, 0.15) is 29.2 Å². The molecule has 0 saturated heterocycles. The molecule has 96 valence electrons. The molecule has 4 heteroatoms. The van der Waals surface area contributed by atoms with Gasteiger partial charge in [0.1, 0.15) is 0 Å². The van der Waals surface area contributed by atoms with Gasteiger partial charge in [0.25, 0.3) is 0 Å². The Bertz CT molecular complexity index is 497. The summed E-state index contributed by atoms with van der Waals surface area (Å²) in [6.45, 7) is 2.10. The number of nitrogens with two attached hydrogens (primary N) is 1. The summed E-state index contributed by atoms with van der Waals surface area (Å²) in [5.41, 5.74) is 6.77. The van der Waals surface area contributed by atoms with E-state index >= 15 is 0 Å². The molecule has 1 aromatic carbocycles. The zero-order chi connectivity index (χ0) is 13.0. The first-order chi connectivity index (χ1) is 8.72. The Balaban J connectivity index is 2.10. The molecule has 0 aliphatic rings. The maximum absolute atomic E-state index is 5.69. The van der Waals surface area contributed by atoms with Crippen LogP contribution in [0, 0.1) is 6.92 Å². The van der Waals surface area contributed by atoms with E-state index in [4.69, 9.17) is 5.84 Å². The van der Waals surface area contributed by atoms with Gasteiger partial charge in [0.05, 0.1) is 0 Å². The second-order valence-electron chi connectivity index (χ2n) is 4.37. The van der Waals surface area contributed by atoms with Crippen molar-refractivity contribution >= 4 is 27.3 Å². The zero-order valence-electron chi connectivity index (χ0n) is 10.3. The molecule has 0 radical (unpaired) electrons. The van der Waals surface area contributed by atoms with Crippen LogP contribution in [0.25, 0.3) is 0 Å². The van der Waals surface area contributed by atoms with E-state index in [9.17, 15) is 0 Å². The topological polar surface area (TPSA) is 38.0 Å². The number of halogens is 1. The molecule has 0 fully saturated rings. The van der Waals surface area contributed by atoms with Crippen LogP contribution in [0.15, 0.2) is 39.5 Å². The standard InChI is InChI=1S/C14H17BrN2S/c1-10-3-2-4-12(14(10)15)13(17-16)6-5-11-7-8-18-9-11/h2-4,7-9,13,17H,5-6,16H2,1H3. The molecule has 1 heterocycles. The van der Waals surface area contributed by atoms with Gasteiger partial charge in [-0.05, 0) is 53.3 Å². The molecule has 0 aliphatic carbocycles. The van der Waals surface area contributed by atoms with Crippen LogP contribution in [0.3, 0.4) is 0 Å². The second-order valence-corrected chi connectivity index (χ2v) is 5.94. The molecule has 1 aromatic heterocycles. The Labute approximate surface area is 120 Å². The smallest absolute Gasteiger partial charge is 0.0474 e. The molecule has 1 unspecified atom stereocenters. The highest BCUT2D eigenvalue weighted by Gasteiger charge is 2.14. The summed E-state index contributed by atoms with van der Waals surface area (Å²) in [6, 6.07) is 8.64. The van der Waals surface area contributed by atoms with E-state index in [1.165, 1.54) is 16.7 Å². The Morgan fingerprint density at radius 1 is 1.39 bits per heavy atom. The van der Waals surface area contributed by atoms with Gasteiger partial charge in [0.15, 0.2) is 0 Å². The summed E-state index contributed by atoms with van der Waals surface area (Å²) in [4.78, 5) is 0. The van der Waals surface area contributed by atoms with Crippen LogP contribution >= 0.6 is 27.3 Å². The molecule has 18 heavy (non-hydrogen) atoms. The van der Waals surface area contributed by atoms with Crippen molar-refractivity contribution < 1.29 is 0 Å². The number of rotatable bonds is 5. The quantitative estimate of drug-likeness (QED) is 0.645. The van der Waals surface area contributed by atoms with Crippen LogP contribution in [-0.4, -0.2) is 0 Å². The monoisotopic (exact) mass is 324 g/mol. The molecule has 0 amide bonds. The number of aryl methyl sites for hydroxylation is 2. The predicted molar refractivity (Wildman–Crippen MR) is 81.6 cm³/mol. The lowest BCUT2D eigenvalue weighted by Gasteiger charge is -2.18. The van der Waals surface area contributed by atoms with Gasteiger partial charge in [-0.2, -0.15) is 11.3 Å². The van der Waals surface area contributed by atoms with Gasteiger partial charge in [-0.1, -0.05) is 34.1 Å². The molecule has 2 aromatic rings. The van der Waals surface area contributed by atoms with Gasteiger partial charge in [0.2, 0.25) is 0 Å². The molecule has 0 bridgehead atoms. The van der Waals surface area contributed by atoms with Crippen molar-refractivity contribution in [3.05, 3.63) is 56.2 Å². The van der Waals surface area contributed by atoms with Crippen LogP contribution in [0.5, 0.6) is 0 Å². The normalized spacial score (nSPS) is 12.6. The van der Waals surface area contributed by atoms with Crippen LogP contribution in [-0.2, 0) is 6.42 Å². The molecular weight excluding hydrogens is 308 g/mol. The molecule has 3 N–H and O–H groups in total. The maximum Gasteiger partial charge on any atom is 0.0474 e. The van der Waals surface area contributed by atoms with Gasteiger partial charge in [-0.3, -0.25) is 11.3 Å². The average Bonchev–Trinajstić information content (AvgIpc) is 2.88. The highest BCUT2D eigenvalue weighted by Crippen LogP contribution is 2.29. The molecule has 0 spiro atoms. The molecule has 2 nitrogen and oxygen atoms in total. The first-order valence-electron chi connectivity index (χ1n) is 5.94. The van der Waals surface area contributed by atoms with Crippen molar-refractivity contribution in [2.24, 2.45) is 5.84 Å². The summed E-state index contributed by atoms with van der Waals surface area (Å²) < 4.78 is 1.15. The van der Waals surface area contributed by atoms with Gasteiger partial charge in [-0.15, -0.1) is 0 Å².